The van der Waals surface area contributed by atoms with Gasteiger partial charge in [0.05, 0.1) is 0 Å². The third kappa shape index (κ3) is 2.61. The Balaban J connectivity index is 1.45. The second-order valence-corrected chi connectivity index (χ2v) is 3.81. The van der Waals surface area contributed by atoms with Crippen molar-refractivity contribution in [3.8, 4) is 0 Å². The lowest BCUT2D eigenvalue weighted by molar-refractivity contribution is 0.343. The van der Waals surface area contributed by atoms with Gasteiger partial charge in [0.1, 0.15) is 0 Å². The fourth-order valence-corrected chi connectivity index (χ4v) is 1.60. The lowest BCUT2D eigenvalue weighted by atomic mass is 10.4. The van der Waals surface area contributed by atoms with Crippen LogP contribution in [0.25, 0.3) is 0 Å². The van der Waals surface area contributed by atoms with E-state index >= 15 is 0 Å². The molecule has 2 rings (SSSR count). The van der Waals surface area contributed by atoms with E-state index in [9.17, 15) is 0 Å². The van der Waals surface area contributed by atoms with Crippen LogP contribution in [0.5, 0.6) is 0 Å². The highest BCUT2D eigenvalue weighted by atomic mass is 15.1. The topological polar surface area (TPSA) is 15.3 Å². The maximum atomic E-state index is 3.53. The van der Waals surface area contributed by atoms with Crippen LogP contribution >= 0.6 is 0 Å². The summed E-state index contributed by atoms with van der Waals surface area (Å²) in [5, 5.41) is 3.53. The highest BCUT2D eigenvalue weighted by Gasteiger charge is 2.19. The van der Waals surface area contributed by atoms with Gasteiger partial charge in [0.2, 0.25) is 0 Å². The van der Waals surface area contributed by atoms with E-state index < -0.39 is 0 Å². The van der Waals surface area contributed by atoms with Gasteiger partial charge in [0, 0.05) is 19.1 Å². The summed E-state index contributed by atoms with van der Waals surface area (Å²) in [5.74, 6) is 0. The predicted molar refractivity (Wildman–Crippen MR) is 51.2 cm³/mol. The summed E-state index contributed by atoms with van der Waals surface area (Å²) in [6.45, 7) is 4.81. The Kier molecular flexibility index (Phi) is 2.79. The van der Waals surface area contributed by atoms with Crippen LogP contribution in [0.4, 0.5) is 0 Å². The molecule has 0 radical (unpaired) electrons. The summed E-state index contributed by atoms with van der Waals surface area (Å²) < 4.78 is 0. The number of hydrogen-bond donors (Lipinski definition) is 1. The summed E-state index contributed by atoms with van der Waals surface area (Å²) in [5.41, 5.74) is 0. The van der Waals surface area contributed by atoms with E-state index in [2.05, 4.69) is 22.4 Å². The molecule has 0 aromatic rings. The molecule has 68 valence electrons. The molecule has 1 saturated carbocycles. The van der Waals surface area contributed by atoms with E-state index in [4.69, 9.17) is 0 Å². The van der Waals surface area contributed by atoms with Gasteiger partial charge in [0.25, 0.3) is 0 Å². The lowest BCUT2D eigenvalue weighted by Gasteiger charge is -2.14. The molecule has 1 aliphatic carbocycles. The number of hydrogen-bond acceptors (Lipinski definition) is 2. The molecular weight excluding hydrogens is 148 g/mol. The van der Waals surface area contributed by atoms with Gasteiger partial charge in [0.15, 0.2) is 0 Å². The minimum absolute atomic E-state index is 0.877. The molecular formula is C10H18N2. The summed E-state index contributed by atoms with van der Waals surface area (Å²) in [4.78, 5) is 2.48. The van der Waals surface area contributed by atoms with Gasteiger partial charge >= 0.3 is 0 Å². The number of rotatable bonds is 5. The molecule has 0 aromatic carbocycles. The standard InChI is InChI=1S/C10H18N2/c1-2-8-12(7-1)9-3-6-11-10-4-5-10/h1-2,10-11H,3-9H2. The predicted octanol–water partition coefficient (Wildman–Crippen LogP) is 1.00. The van der Waals surface area contributed by atoms with Crippen molar-refractivity contribution in [2.24, 2.45) is 0 Å². The summed E-state index contributed by atoms with van der Waals surface area (Å²) in [6, 6.07) is 0.877. The Bertz CT molecular complexity index is 153. The maximum Gasteiger partial charge on any atom is 0.0166 e. The quantitative estimate of drug-likeness (QED) is 0.484. The molecule has 0 aromatic heterocycles. The number of nitrogens with one attached hydrogen (secondary N) is 1. The van der Waals surface area contributed by atoms with Crippen molar-refractivity contribution >= 4 is 0 Å². The molecule has 0 atom stereocenters. The van der Waals surface area contributed by atoms with Crippen LogP contribution in [0.3, 0.4) is 0 Å². The van der Waals surface area contributed by atoms with Crippen LogP contribution in [0, 0.1) is 0 Å². The molecule has 1 fully saturated rings. The fraction of sp³-hybridized carbons (Fsp3) is 0.800. The monoisotopic (exact) mass is 166 g/mol. The molecule has 0 amide bonds. The largest absolute Gasteiger partial charge is 0.314 e. The molecule has 1 aliphatic heterocycles. The third-order valence-corrected chi connectivity index (χ3v) is 2.56. The van der Waals surface area contributed by atoms with Crippen molar-refractivity contribution in [2.75, 3.05) is 26.2 Å². The van der Waals surface area contributed by atoms with E-state index in [1.165, 1.54) is 45.4 Å². The van der Waals surface area contributed by atoms with Crippen LogP contribution in [0.15, 0.2) is 12.2 Å². The van der Waals surface area contributed by atoms with Crippen molar-refractivity contribution in [1.82, 2.24) is 10.2 Å². The average molecular weight is 166 g/mol. The molecule has 12 heavy (non-hydrogen) atoms. The van der Waals surface area contributed by atoms with Crippen molar-refractivity contribution < 1.29 is 0 Å². The van der Waals surface area contributed by atoms with Gasteiger partial charge in [-0.1, -0.05) is 12.2 Å². The Hall–Kier alpha value is -0.340. The zero-order chi connectivity index (χ0) is 8.23. The van der Waals surface area contributed by atoms with E-state index in [1.807, 2.05) is 0 Å². The van der Waals surface area contributed by atoms with Gasteiger partial charge in [-0.15, -0.1) is 0 Å². The van der Waals surface area contributed by atoms with E-state index in [1.54, 1.807) is 0 Å². The molecule has 1 heterocycles. The third-order valence-electron chi connectivity index (χ3n) is 2.56. The van der Waals surface area contributed by atoms with Crippen LogP contribution in [-0.4, -0.2) is 37.1 Å². The minimum Gasteiger partial charge on any atom is -0.314 e. The Morgan fingerprint density at radius 1 is 1.25 bits per heavy atom. The molecule has 2 nitrogen and oxygen atoms in total. The smallest absolute Gasteiger partial charge is 0.0166 e. The van der Waals surface area contributed by atoms with Crippen molar-refractivity contribution in [2.45, 2.75) is 25.3 Å². The first-order valence-electron chi connectivity index (χ1n) is 5.06. The van der Waals surface area contributed by atoms with Crippen molar-refractivity contribution in [3.05, 3.63) is 12.2 Å². The van der Waals surface area contributed by atoms with E-state index in [-0.39, 0.29) is 0 Å². The summed E-state index contributed by atoms with van der Waals surface area (Å²) >= 11 is 0. The Morgan fingerprint density at radius 3 is 2.67 bits per heavy atom. The first-order valence-corrected chi connectivity index (χ1v) is 5.06. The molecule has 2 heteroatoms. The second-order valence-electron chi connectivity index (χ2n) is 3.81. The summed E-state index contributed by atoms with van der Waals surface area (Å²) in [7, 11) is 0. The first kappa shape index (κ1) is 8.27. The lowest BCUT2D eigenvalue weighted by Crippen LogP contribution is -2.26. The first-order chi connectivity index (χ1) is 5.95. The van der Waals surface area contributed by atoms with Crippen molar-refractivity contribution in [3.63, 3.8) is 0 Å². The normalized spacial score (nSPS) is 23.7. The molecule has 0 unspecified atom stereocenters. The highest BCUT2D eigenvalue weighted by molar-refractivity contribution is 4.95. The van der Waals surface area contributed by atoms with Crippen LogP contribution in [0.1, 0.15) is 19.3 Å². The SMILES string of the molecule is C1=CCN(CCCNC2CC2)C1. The second kappa shape index (κ2) is 4.06. The highest BCUT2D eigenvalue weighted by Crippen LogP contribution is 2.18. The zero-order valence-electron chi connectivity index (χ0n) is 7.63. The molecule has 2 aliphatic rings. The van der Waals surface area contributed by atoms with Gasteiger partial charge in [-0.05, 0) is 32.4 Å². The van der Waals surface area contributed by atoms with Gasteiger partial charge in [-0.3, -0.25) is 4.90 Å². The molecule has 1 N–H and O–H groups in total. The van der Waals surface area contributed by atoms with Crippen LogP contribution < -0.4 is 5.32 Å². The van der Waals surface area contributed by atoms with Gasteiger partial charge < -0.3 is 5.32 Å². The maximum absolute atomic E-state index is 3.53. The number of nitrogens with zero attached hydrogens (tertiary/aromatic N) is 1. The van der Waals surface area contributed by atoms with Gasteiger partial charge in [-0.25, -0.2) is 0 Å². The minimum atomic E-state index is 0.877. The summed E-state index contributed by atoms with van der Waals surface area (Å²) in [6.07, 6.45) is 8.64. The van der Waals surface area contributed by atoms with Crippen LogP contribution in [-0.2, 0) is 0 Å². The van der Waals surface area contributed by atoms with Crippen molar-refractivity contribution in [1.29, 1.82) is 0 Å². The molecule has 0 bridgehead atoms. The zero-order valence-corrected chi connectivity index (χ0v) is 7.63. The van der Waals surface area contributed by atoms with Crippen LogP contribution in [0.2, 0.25) is 0 Å². The Labute approximate surface area is 74.6 Å². The van der Waals surface area contributed by atoms with Gasteiger partial charge in [-0.2, -0.15) is 0 Å². The van der Waals surface area contributed by atoms with E-state index in [0.29, 0.717) is 0 Å². The van der Waals surface area contributed by atoms with E-state index in [0.717, 1.165) is 6.04 Å². The average Bonchev–Trinajstić information content (AvgIpc) is 2.76. The fourth-order valence-electron chi connectivity index (χ4n) is 1.60. The molecule has 0 spiro atoms. The Morgan fingerprint density at radius 2 is 2.00 bits per heavy atom. The molecule has 0 saturated heterocycles.